The molecule has 0 aromatic rings. The maximum atomic E-state index is 11.5. The lowest BCUT2D eigenvalue weighted by molar-refractivity contribution is -0.123. The van der Waals surface area contributed by atoms with Crippen LogP contribution in [-0.2, 0) is 4.79 Å². The zero-order chi connectivity index (χ0) is 14.6. The lowest BCUT2D eigenvalue weighted by Crippen LogP contribution is -2.55. The van der Waals surface area contributed by atoms with Crippen molar-refractivity contribution >= 4 is 5.91 Å². The van der Waals surface area contributed by atoms with Gasteiger partial charge >= 0.3 is 0 Å². The first-order valence-corrected chi connectivity index (χ1v) is 8.00. The molecule has 0 spiro atoms. The highest BCUT2D eigenvalue weighted by Crippen LogP contribution is 2.21. The topological polar surface area (TPSA) is 61.6 Å². The molecule has 5 nitrogen and oxygen atoms in total. The number of piperidine rings is 1. The van der Waals surface area contributed by atoms with Crippen molar-refractivity contribution in [2.75, 3.05) is 39.8 Å². The Morgan fingerprint density at radius 3 is 2.85 bits per heavy atom. The van der Waals surface area contributed by atoms with Gasteiger partial charge in [-0.1, -0.05) is 6.42 Å². The van der Waals surface area contributed by atoms with Crippen molar-refractivity contribution in [1.82, 2.24) is 15.1 Å². The molecule has 3 N–H and O–H groups in total. The predicted octanol–water partition coefficient (Wildman–Crippen LogP) is 0.400. The first-order valence-electron chi connectivity index (χ1n) is 8.00. The quantitative estimate of drug-likeness (QED) is 0.740. The lowest BCUT2D eigenvalue weighted by atomic mass is 9.94. The zero-order valence-electron chi connectivity index (χ0n) is 13.0. The Morgan fingerprint density at radius 2 is 2.15 bits per heavy atom. The molecule has 0 aromatic heterocycles. The molecule has 2 aliphatic heterocycles. The van der Waals surface area contributed by atoms with Crippen LogP contribution in [0.2, 0.25) is 0 Å². The Morgan fingerprint density at radius 1 is 1.35 bits per heavy atom. The standard InChI is InChI=1S/C15H30N4O/c1-15(17-2,14(16)20)7-5-8-18-10-11-19-9-4-3-6-13(19)12-18/h13,17H,3-12H2,1-2H3,(H2,16,20). The molecule has 0 radical (unpaired) electrons. The summed E-state index contributed by atoms with van der Waals surface area (Å²) < 4.78 is 0. The molecule has 0 bridgehead atoms. The molecule has 5 heteroatoms. The van der Waals surface area contributed by atoms with Crippen LogP contribution in [0.3, 0.4) is 0 Å². The summed E-state index contributed by atoms with van der Waals surface area (Å²) in [5.74, 6) is -0.253. The molecule has 0 saturated carbocycles. The summed E-state index contributed by atoms with van der Waals surface area (Å²) in [5, 5.41) is 3.06. The average molecular weight is 282 g/mol. The molecule has 2 unspecified atom stereocenters. The monoisotopic (exact) mass is 282 g/mol. The van der Waals surface area contributed by atoms with Gasteiger partial charge in [-0.25, -0.2) is 0 Å². The lowest BCUT2D eigenvalue weighted by Gasteiger charge is -2.44. The number of rotatable bonds is 6. The van der Waals surface area contributed by atoms with Gasteiger partial charge in [0.25, 0.3) is 0 Å². The van der Waals surface area contributed by atoms with Crippen molar-refractivity contribution < 1.29 is 4.79 Å². The number of piperazine rings is 1. The number of carbonyl (C=O) groups excluding carboxylic acids is 1. The molecule has 2 saturated heterocycles. The summed E-state index contributed by atoms with van der Waals surface area (Å²) in [4.78, 5) is 16.7. The van der Waals surface area contributed by atoms with Crippen molar-refractivity contribution in [2.24, 2.45) is 5.73 Å². The molecule has 0 aromatic carbocycles. The summed E-state index contributed by atoms with van der Waals surface area (Å²) in [6.45, 7) is 7.85. The smallest absolute Gasteiger partial charge is 0.237 e. The van der Waals surface area contributed by atoms with Crippen LogP contribution < -0.4 is 11.1 Å². The Balaban J connectivity index is 1.73. The van der Waals surface area contributed by atoms with Crippen molar-refractivity contribution in [3.05, 3.63) is 0 Å². The zero-order valence-corrected chi connectivity index (χ0v) is 13.0. The summed E-state index contributed by atoms with van der Waals surface area (Å²) >= 11 is 0. The molecule has 2 aliphatic rings. The molecular weight excluding hydrogens is 252 g/mol. The van der Waals surface area contributed by atoms with E-state index in [1.165, 1.54) is 45.4 Å². The highest BCUT2D eigenvalue weighted by molar-refractivity contribution is 5.84. The fraction of sp³-hybridized carbons (Fsp3) is 0.933. The van der Waals surface area contributed by atoms with E-state index in [2.05, 4.69) is 15.1 Å². The number of amides is 1. The fourth-order valence-corrected chi connectivity index (χ4v) is 3.45. The SMILES string of the molecule is CNC(C)(CCCN1CCN2CCCCC2C1)C(N)=O. The molecule has 2 heterocycles. The van der Waals surface area contributed by atoms with E-state index in [1.807, 2.05) is 14.0 Å². The third-order valence-electron chi connectivity index (χ3n) is 5.17. The van der Waals surface area contributed by atoms with Crippen molar-refractivity contribution in [1.29, 1.82) is 0 Å². The van der Waals surface area contributed by atoms with Gasteiger partial charge in [0.2, 0.25) is 5.91 Å². The first-order chi connectivity index (χ1) is 9.55. The van der Waals surface area contributed by atoms with Gasteiger partial charge in [-0.2, -0.15) is 0 Å². The second-order valence-electron chi connectivity index (χ2n) is 6.54. The van der Waals surface area contributed by atoms with E-state index in [4.69, 9.17) is 5.73 Å². The third kappa shape index (κ3) is 3.71. The number of nitrogens with two attached hydrogens (primary N) is 1. The maximum absolute atomic E-state index is 11.5. The molecule has 2 atom stereocenters. The van der Waals surface area contributed by atoms with Crippen LogP contribution >= 0.6 is 0 Å². The Hall–Kier alpha value is -0.650. The van der Waals surface area contributed by atoms with Crippen molar-refractivity contribution in [3.8, 4) is 0 Å². The minimum atomic E-state index is -0.563. The van der Waals surface area contributed by atoms with E-state index >= 15 is 0 Å². The molecule has 1 amide bonds. The number of carbonyl (C=O) groups is 1. The summed E-state index contributed by atoms with van der Waals surface area (Å²) in [7, 11) is 1.81. The number of fused-ring (bicyclic) bond motifs is 1. The fourth-order valence-electron chi connectivity index (χ4n) is 3.45. The largest absolute Gasteiger partial charge is 0.368 e. The summed E-state index contributed by atoms with van der Waals surface area (Å²) in [6.07, 6.45) is 5.94. The number of primary amides is 1. The van der Waals surface area contributed by atoms with Gasteiger partial charge in [0.05, 0.1) is 5.54 Å². The van der Waals surface area contributed by atoms with Gasteiger partial charge in [0, 0.05) is 25.7 Å². The Bertz CT molecular complexity index is 336. The van der Waals surface area contributed by atoms with Crippen LogP contribution in [0.15, 0.2) is 0 Å². The van der Waals surface area contributed by atoms with Crippen LogP contribution in [-0.4, -0.2) is 67.1 Å². The highest BCUT2D eigenvalue weighted by Gasteiger charge is 2.31. The van der Waals surface area contributed by atoms with E-state index in [0.717, 1.165) is 25.4 Å². The second-order valence-corrected chi connectivity index (χ2v) is 6.54. The maximum Gasteiger partial charge on any atom is 0.237 e. The second kappa shape index (κ2) is 6.87. The molecule has 116 valence electrons. The molecule has 20 heavy (non-hydrogen) atoms. The van der Waals surface area contributed by atoms with Gasteiger partial charge in [-0.15, -0.1) is 0 Å². The van der Waals surface area contributed by atoms with E-state index in [-0.39, 0.29) is 5.91 Å². The van der Waals surface area contributed by atoms with Crippen LogP contribution in [0.25, 0.3) is 0 Å². The van der Waals surface area contributed by atoms with Gasteiger partial charge in [-0.3, -0.25) is 9.69 Å². The molecule has 2 fully saturated rings. The Kier molecular flexibility index (Phi) is 5.41. The minimum absolute atomic E-state index is 0.253. The third-order valence-corrected chi connectivity index (χ3v) is 5.17. The number of nitrogens with zero attached hydrogens (tertiary/aromatic N) is 2. The molecular formula is C15H30N4O. The van der Waals surface area contributed by atoms with E-state index < -0.39 is 5.54 Å². The van der Waals surface area contributed by atoms with E-state index in [9.17, 15) is 4.79 Å². The summed E-state index contributed by atoms with van der Waals surface area (Å²) in [5.41, 5.74) is 4.90. The van der Waals surface area contributed by atoms with Crippen molar-refractivity contribution in [2.45, 2.75) is 50.6 Å². The summed E-state index contributed by atoms with van der Waals surface area (Å²) in [6, 6.07) is 0.768. The van der Waals surface area contributed by atoms with Crippen LogP contribution in [0, 0.1) is 0 Å². The predicted molar refractivity (Wildman–Crippen MR) is 81.5 cm³/mol. The number of hydrogen-bond acceptors (Lipinski definition) is 4. The van der Waals surface area contributed by atoms with E-state index in [1.54, 1.807) is 0 Å². The van der Waals surface area contributed by atoms with Crippen LogP contribution in [0.1, 0.15) is 39.0 Å². The van der Waals surface area contributed by atoms with E-state index in [0.29, 0.717) is 0 Å². The number of likely N-dealkylation sites (N-methyl/N-ethyl adjacent to an activating group) is 1. The minimum Gasteiger partial charge on any atom is -0.368 e. The Labute approximate surface area is 122 Å². The van der Waals surface area contributed by atoms with Gasteiger partial charge in [0.1, 0.15) is 0 Å². The van der Waals surface area contributed by atoms with Gasteiger partial charge in [0.15, 0.2) is 0 Å². The highest BCUT2D eigenvalue weighted by atomic mass is 16.1. The van der Waals surface area contributed by atoms with Crippen molar-refractivity contribution in [3.63, 3.8) is 0 Å². The molecule has 0 aliphatic carbocycles. The van der Waals surface area contributed by atoms with Gasteiger partial charge < -0.3 is 16.0 Å². The average Bonchev–Trinajstić information content (AvgIpc) is 2.46. The number of hydrogen-bond donors (Lipinski definition) is 2. The van der Waals surface area contributed by atoms with Crippen LogP contribution in [0.4, 0.5) is 0 Å². The number of nitrogens with one attached hydrogen (secondary N) is 1. The normalized spacial score (nSPS) is 27.8. The first kappa shape index (κ1) is 15.7. The molecule has 2 rings (SSSR count). The van der Waals surface area contributed by atoms with Crippen LogP contribution in [0.5, 0.6) is 0 Å². The van der Waals surface area contributed by atoms with Gasteiger partial charge in [-0.05, 0) is 52.7 Å².